The molecular formula is C13H18N4O. The molecule has 0 aromatic carbocycles. The Hall–Kier alpha value is -1.91. The van der Waals surface area contributed by atoms with Gasteiger partial charge in [-0.3, -0.25) is 4.79 Å². The van der Waals surface area contributed by atoms with Gasteiger partial charge in [0.1, 0.15) is 5.69 Å². The number of imidazole rings is 1. The molecule has 1 N–H and O–H groups in total. The first-order chi connectivity index (χ1) is 8.61. The quantitative estimate of drug-likeness (QED) is 0.899. The number of hydrogen-bond donors (Lipinski definition) is 1. The van der Waals surface area contributed by atoms with Crippen LogP contribution in [0.4, 0.5) is 0 Å². The van der Waals surface area contributed by atoms with Crippen LogP contribution in [0.2, 0.25) is 0 Å². The first-order valence-electron chi connectivity index (χ1n) is 6.23. The summed E-state index contributed by atoms with van der Waals surface area (Å²) >= 11 is 0. The van der Waals surface area contributed by atoms with Gasteiger partial charge in [0.15, 0.2) is 5.82 Å². The van der Waals surface area contributed by atoms with Crippen LogP contribution in [0, 0.1) is 0 Å². The van der Waals surface area contributed by atoms with Gasteiger partial charge in [-0.2, -0.15) is 0 Å². The Balaban J connectivity index is 2.50. The van der Waals surface area contributed by atoms with Crippen molar-refractivity contribution in [2.75, 3.05) is 0 Å². The average Bonchev–Trinajstić information content (AvgIpc) is 2.77. The maximum Gasteiger partial charge on any atom is 0.251 e. The van der Waals surface area contributed by atoms with Gasteiger partial charge in [-0.1, -0.05) is 20.8 Å². The molecule has 0 radical (unpaired) electrons. The van der Waals surface area contributed by atoms with E-state index in [0.717, 1.165) is 24.4 Å². The van der Waals surface area contributed by atoms with Crippen molar-refractivity contribution in [3.05, 3.63) is 34.6 Å². The summed E-state index contributed by atoms with van der Waals surface area (Å²) in [4.78, 5) is 23.1. The summed E-state index contributed by atoms with van der Waals surface area (Å²) in [6.07, 6.45) is 4.51. The van der Waals surface area contributed by atoms with Gasteiger partial charge in [0, 0.05) is 12.6 Å². The molecule has 0 spiro atoms. The fourth-order valence-corrected chi connectivity index (χ4v) is 1.83. The Labute approximate surface area is 106 Å². The number of H-pyrrole nitrogens is 1. The number of nitrogens with one attached hydrogen (secondary N) is 1. The molecule has 0 aliphatic heterocycles. The SMILES string of the molecule is CCCn1cncc1-c1nc(C(C)C)cc(=O)[nH]1. The zero-order valence-corrected chi connectivity index (χ0v) is 11.0. The zero-order chi connectivity index (χ0) is 13.1. The van der Waals surface area contributed by atoms with Crippen molar-refractivity contribution < 1.29 is 0 Å². The van der Waals surface area contributed by atoms with Crippen LogP contribution >= 0.6 is 0 Å². The number of aromatic amines is 1. The Morgan fingerprint density at radius 3 is 2.89 bits per heavy atom. The van der Waals surface area contributed by atoms with Crippen LogP contribution in [0.1, 0.15) is 38.8 Å². The highest BCUT2D eigenvalue weighted by Crippen LogP contribution is 2.16. The molecule has 0 aliphatic carbocycles. The Morgan fingerprint density at radius 1 is 1.44 bits per heavy atom. The Bertz CT molecular complexity index is 583. The van der Waals surface area contributed by atoms with Crippen molar-refractivity contribution >= 4 is 0 Å². The average molecular weight is 246 g/mol. The van der Waals surface area contributed by atoms with Crippen LogP contribution in [-0.4, -0.2) is 19.5 Å². The molecule has 0 aliphatic rings. The number of nitrogens with zero attached hydrogens (tertiary/aromatic N) is 3. The van der Waals surface area contributed by atoms with E-state index in [1.54, 1.807) is 18.6 Å². The lowest BCUT2D eigenvalue weighted by molar-refractivity contribution is 0.680. The Morgan fingerprint density at radius 2 is 2.22 bits per heavy atom. The highest BCUT2D eigenvalue weighted by atomic mass is 16.1. The summed E-state index contributed by atoms with van der Waals surface area (Å²) in [5, 5.41) is 0. The predicted molar refractivity (Wildman–Crippen MR) is 70.5 cm³/mol. The molecular weight excluding hydrogens is 228 g/mol. The number of aromatic nitrogens is 4. The van der Waals surface area contributed by atoms with Crippen molar-refractivity contribution in [2.45, 2.75) is 39.7 Å². The van der Waals surface area contributed by atoms with E-state index < -0.39 is 0 Å². The highest BCUT2D eigenvalue weighted by Gasteiger charge is 2.10. The normalized spacial score (nSPS) is 11.1. The lowest BCUT2D eigenvalue weighted by Crippen LogP contribution is -2.12. The van der Waals surface area contributed by atoms with Gasteiger partial charge in [-0.05, 0) is 12.3 Å². The number of rotatable bonds is 4. The molecule has 0 bridgehead atoms. The smallest absolute Gasteiger partial charge is 0.251 e. The lowest BCUT2D eigenvalue weighted by Gasteiger charge is -2.08. The van der Waals surface area contributed by atoms with E-state index in [1.165, 1.54) is 0 Å². The van der Waals surface area contributed by atoms with E-state index in [0.29, 0.717) is 5.82 Å². The lowest BCUT2D eigenvalue weighted by atomic mass is 10.1. The van der Waals surface area contributed by atoms with Crippen molar-refractivity contribution in [2.24, 2.45) is 0 Å². The highest BCUT2D eigenvalue weighted by molar-refractivity contribution is 5.48. The second-order valence-electron chi connectivity index (χ2n) is 4.65. The summed E-state index contributed by atoms with van der Waals surface area (Å²) in [5.41, 5.74) is 1.54. The van der Waals surface area contributed by atoms with Crippen molar-refractivity contribution in [1.29, 1.82) is 0 Å². The largest absolute Gasteiger partial charge is 0.328 e. The topological polar surface area (TPSA) is 63.6 Å². The van der Waals surface area contributed by atoms with Gasteiger partial charge in [0.25, 0.3) is 5.56 Å². The molecule has 5 heteroatoms. The van der Waals surface area contributed by atoms with Gasteiger partial charge in [-0.25, -0.2) is 9.97 Å². The van der Waals surface area contributed by atoms with Crippen LogP contribution in [0.3, 0.4) is 0 Å². The predicted octanol–water partition coefficient (Wildman–Crippen LogP) is 2.17. The third-order valence-electron chi connectivity index (χ3n) is 2.77. The molecule has 0 atom stereocenters. The summed E-state index contributed by atoms with van der Waals surface area (Å²) in [7, 11) is 0. The summed E-state index contributed by atoms with van der Waals surface area (Å²) in [6, 6.07) is 1.55. The first-order valence-corrected chi connectivity index (χ1v) is 6.23. The first kappa shape index (κ1) is 12.5. The van der Waals surface area contributed by atoms with Crippen LogP contribution in [0.25, 0.3) is 11.5 Å². The van der Waals surface area contributed by atoms with Gasteiger partial charge in [-0.15, -0.1) is 0 Å². The van der Waals surface area contributed by atoms with E-state index in [9.17, 15) is 4.79 Å². The van der Waals surface area contributed by atoms with Crippen molar-refractivity contribution in [1.82, 2.24) is 19.5 Å². The molecule has 0 saturated heterocycles. The van der Waals surface area contributed by atoms with E-state index in [4.69, 9.17) is 0 Å². The summed E-state index contributed by atoms with van der Waals surface area (Å²) in [5.74, 6) is 0.825. The molecule has 0 unspecified atom stereocenters. The fourth-order valence-electron chi connectivity index (χ4n) is 1.83. The van der Waals surface area contributed by atoms with E-state index in [-0.39, 0.29) is 11.5 Å². The Kier molecular flexibility index (Phi) is 3.60. The minimum atomic E-state index is -0.118. The van der Waals surface area contributed by atoms with E-state index in [2.05, 4.69) is 21.9 Å². The maximum absolute atomic E-state index is 11.7. The molecule has 2 aromatic rings. The molecule has 2 aromatic heterocycles. The van der Waals surface area contributed by atoms with Gasteiger partial charge in [0.2, 0.25) is 0 Å². The maximum atomic E-state index is 11.7. The summed E-state index contributed by atoms with van der Waals surface area (Å²) in [6.45, 7) is 7.01. The zero-order valence-electron chi connectivity index (χ0n) is 11.0. The molecule has 0 amide bonds. The van der Waals surface area contributed by atoms with Crippen LogP contribution in [-0.2, 0) is 6.54 Å². The van der Waals surface area contributed by atoms with Crippen LogP contribution in [0.15, 0.2) is 23.4 Å². The molecule has 0 saturated carbocycles. The van der Waals surface area contributed by atoms with E-state index >= 15 is 0 Å². The van der Waals surface area contributed by atoms with Crippen molar-refractivity contribution in [3.8, 4) is 11.5 Å². The van der Waals surface area contributed by atoms with Gasteiger partial charge < -0.3 is 9.55 Å². The van der Waals surface area contributed by atoms with Crippen molar-refractivity contribution in [3.63, 3.8) is 0 Å². The van der Waals surface area contributed by atoms with Crippen LogP contribution in [0.5, 0.6) is 0 Å². The standard InChI is InChI=1S/C13H18N4O/c1-4-5-17-8-14-7-11(17)13-15-10(9(2)3)6-12(18)16-13/h6-9H,4-5H2,1-3H3,(H,15,16,18). The minimum absolute atomic E-state index is 0.118. The van der Waals surface area contributed by atoms with E-state index in [1.807, 2.05) is 18.4 Å². The molecule has 96 valence electrons. The molecule has 18 heavy (non-hydrogen) atoms. The fraction of sp³-hybridized carbons (Fsp3) is 0.462. The van der Waals surface area contributed by atoms with Gasteiger partial charge in [0.05, 0.1) is 18.2 Å². The molecule has 0 fully saturated rings. The molecule has 5 nitrogen and oxygen atoms in total. The molecule has 2 rings (SSSR count). The minimum Gasteiger partial charge on any atom is -0.328 e. The second kappa shape index (κ2) is 5.16. The van der Waals surface area contributed by atoms with Gasteiger partial charge >= 0.3 is 0 Å². The molecule has 2 heterocycles. The van der Waals surface area contributed by atoms with Crippen LogP contribution < -0.4 is 5.56 Å². The number of aryl methyl sites for hydroxylation is 1. The second-order valence-corrected chi connectivity index (χ2v) is 4.65. The third-order valence-corrected chi connectivity index (χ3v) is 2.77. The summed E-state index contributed by atoms with van der Waals surface area (Å²) < 4.78 is 2.00. The third kappa shape index (κ3) is 2.50. The monoisotopic (exact) mass is 246 g/mol. The number of hydrogen-bond acceptors (Lipinski definition) is 3.